The fourth-order valence-corrected chi connectivity index (χ4v) is 4.10. The van der Waals surface area contributed by atoms with Crippen molar-refractivity contribution in [2.75, 3.05) is 5.75 Å². The van der Waals surface area contributed by atoms with Crippen LogP contribution in [0, 0.1) is 0 Å². The Balaban J connectivity index is 1.72. The SMILES string of the molecule is C[C@H](CS(=O)(=O)OC1CCCCC1)NC(=O)OCc1ccccc1. The fraction of sp³-hybridized carbons (Fsp3) is 0.588. The minimum atomic E-state index is -3.66. The largest absolute Gasteiger partial charge is 0.445 e. The van der Waals surface area contributed by atoms with E-state index in [-0.39, 0.29) is 18.5 Å². The summed E-state index contributed by atoms with van der Waals surface area (Å²) in [6.45, 7) is 1.76. The van der Waals surface area contributed by atoms with E-state index in [1.54, 1.807) is 6.92 Å². The second-order valence-electron chi connectivity index (χ2n) is 6.19. The van der Waals surface area contributed by atoms with Gasteiger partial charge in [-0.3, -0.25) is 4.18 Å². The molecule has 0 aliphatic heterocycles. The van der Waals surface area contributed by atoms with Crippen LogP contribution in [0.2, 0.25) is 0 Å². The number of amides is 1. The highest BCUT2D eigenvalue weighted by Crippen LogP contribution is 2.22. The molecule has 6 nitrogen and oxygen atoms in total. The van der Waals surface area contributed by atoms with Crippen LogP contribution < -0.4 is 5.32 Å². The van der Waals surface area contributed by atoms with Crippen LogP contribution >= 0.6 is 0 Å². The molecule has 134 valence electrons. The maximum atomic E-state index is 12.1. The van der Waals surface area contributed by atoms with E-state index >= 15 is 0 Å². The molecule has 1 atom stereocenters. The quantitative estimate of drug-likeness (QED) is 0.761. The van der Waals surface area contributed by atoms with Crippen molar-refractivity contribution in [2.45, 2.75) is 57.8 Å². The molecule has 1 aliphatic rings. The molecule has 0 spiro atoms. The van der Waals surface area contributed by atoms with Gasteiger partial charge in [-0.1, -0.05) is 49.6 Å². The molecular weight excluding hydrogens is 330 g/mol. The summed E-state index contributed by atoms with van der Waals surface area (Å²) in [5, 5.41) is 2.52. The van der Waals surface area contributed by atoms with Crippen molar-refractivity contribution < 1.29 is 22.1 Å². The van der Waals surface area contributed by atoms with Gasteiger partial charge in [0.05, 0.1) is 11.9 Å². The summed E-state index contributed by atoms with van der Waals surface area (Å²) in [5.74, 6) is -0.260. The van der Waals surface area contributed by atoms with E-state index in [0.29, 0.717) is 0 Å². The Labute approximate surface area is 143 Å². The van der Waals surface area contributed by atoms with Gasteiger partial charge in [-0.05, 0) is 25.3 Å². The molecule has 0 heterocycles. The molecule has 0 unspecified atom stereocenters. The lowest BCUT2D eigenvalue weighted by atomic mass is 9.98. The molecule has 2 rings (SSSR count). The fourth-order valence-electron chi connectivity index (χ4n) is 2.72. The Morgan fingerprint density at radius 2 is 1.88 bits per heavy atom. The highest BCUT2D eigenvalue weighted by Gasteiger charge is 2.24. The van der Waals surface area contributed by atoms with Gasteiger partial charge in [0.1, 0.15) is 6.61 Å². The summed E-state index contributed by atoms with van der Waals surface area (Å²) in [7, 11) is -3.66. The van der Waals surface area contributed by atoms with Crippen molar-refractivity contribution in [3.05, 3.63) is 35.9 Å². The zero-order chi connectivity index (χ0) is 17.4. The average Bonchev–Trinajstić information content (AvgIpc) is 2.53. The molecule has 1 aromatic carbocycles. The van der Waals surface area contributed by atoms with E-state index < -0.39 is 22.3 Å². The Hall–Kier alpha value is -1.60. The lowest BCUT2D eigenvalue weighted by molar-refractivity contribution is 0.136. The molecule has 0 saturated heterocycles. The van der Waals surface area contributed by atoms with Crippen molar-refractivity contribution in [2.24, 2.45) is 0 Å². The summed E-state index contributed by atoms with van der Waals surface area (Å²) in [4.78, 5) is 11.7. The minimum Gasteiger partial charge on any atom is -0.445 e. The number of nitrogens with one attached hydrogen (secondary N) is 1. The topological polar surface area (TPSA) is 81.7 Å². The molecule has 1 aromatic rings. The third kappa shape index (κ3) is 6.88. The normalized spacial score (nSPS) is 17.2. The minimum absolute atomic E-state index is 0.144. The van der Waals surface area contributed by atoms with E-state index in [4.69, 9.17) is 8.92 Å². The molecule has 1 saturated carbocycles. The Morgan fingerprint density at radius 1 is 1.21 bits per heavy atom. The van der Waals surface area contributed by atoms with Crippen molar-refractivity contribution >= 4 is 16.2 Å². The van der Waals surface area contributed by atoms with Crippen LogP contribution in [-0.2, 0) is 25.6 Å². The van der Waals surface area contributed by atoms with Crippen LogP contribution in [0.1, 0.15) is 44.6 Å². The van der Waals surface area contributed by atoms with Crippen molar-refractivity contribution in [1.82, 2.24) is 5.32 Å². The van der Waals surface area contributed by atoms with Gasteiger partial charge in [-0.15, -0.1) is 0 Å². The zero-order valence-electron chi connectivity index (χ0n) is 13.9. The molecule has 0 aromatic heterocycles. The average molecular weight is 355 g/mol. The van der Waals surface area contributed by atoms with Crippen LogP contribution in [-0.4, -0.2) is 32.4 Å². The maximum Gasteiger partial charge on any atom is 0.407 e. The summed E-state index contributed by atoms with van der Waals surface area (Å²) in [6, 6.07) is 8.70. The van der Waals surface area contributed by atoms with Crippen LogP contribution in [0.4, 0.5) is 4.79 Å². The van der Waals surface area contributed by atoms with E-state index in [1.807, 2.05) is 30.3 Å². The van der Waals surface area contributed by atoms with Gasteiger partial charge in [-0.25, -0.2) is 4.79 Å². The maximum absolute atomic E-state index is 12.1. The first-order chi connectivity index (χ1) is 11.4. The number of hydrogen-bond acceptors (Lipinski definition) is 5. The lowest BCUT2D eigenvalue weighted by Crippen LogP contribution is -2.39. The number of carbonyl (C=O) groups is 1. The summed E-state index contributed by atoms with van der Waals surface area (Å²) in [5.41, 5.74) is 0.869. The Morgan fingerprint density at radius 3 is 2.54 bits per heavy atom. The van der Waals surface area contributed by atoms with Crippen LogP contribution in [0.25, 0.3) is 0 Å². The molecule has 1 N–H and O–H groups in total. The first kappa shape index (κ1) is 18.7. The zero-order valence-corrected chi connectivity index (χ0v) is 14.8. The van der Waals surface area contributed by atoms with Gasteiger partial charge in [0.2, 0.25) is 0 Å². The highest BCUT2D eigenvalue weighted by atomic mass is 32.2. The standard InChI is InChI=1S/C17H25NO5S/c1-14(13-24(20,21)23-16-10-6-3-7-11-16)18-17(19)22-12-15-8-4-2-5-9-15/h2,4-5,8-9,14,16H,3,6-7,10-13H2,1H3,(H,18,19)/t14-/m1/s1. The van der Waals surface area contributed by atoms with E-state index in [1.165, 1.54) is 0 Å². The molecule has 0 radical (unpaired) electrons. The third-order valence-electron chi connectivity index (χ3n) is 3.87. The predicted molar refractivity (Wildman–Crippen MR) is 91.0 cm³/mol. The number of alkyl carbamates (subject to hydrolysis) is 1. The number of rotatable bonds is 7. The summed E-state index contributed by atoms with van der Waals surface area (Å²) in [6.07, 6.45) is 3.82. The number of carbonyl (C=O) groups excluding carboxylic acids is 1. The van der Waals surface area contributed by atoms with Gasteiger partial charge < -0.3 is 10.1 Å². The summed E-state index contributed by atoms with van der Waals surface area (Å²) < 4.78 is 34.4. The smallest absolute Gasteiger partial charge is 0.407 e. The predicted octanol–water partition coefficient (Wildman–Crippen LogP) is 2.98. The van der Waals surface area contributed by atoms with Gasteiger partial charge in [0, 0.05) is 6.04 Å². The third-order valence-corrected chi connectivity index (χ3v) is 5.34. The molecular formula is C17H25NO5S. The van der Waals surface area contributed by atoms with Gasteiger partial charge in [0.15, 0.2) is 0 Å². The van der Waals surface area contributed by atoms with E-state index in [0.717, 1.165) is 37.7 Å². The Kier molecular flexibility index (Phi) is 7.05. The number of hydrogen-bond donors (Lipinski definition) is 1. The van der Waals surface area contributed by atoms with Crippen molar-refractivity contribution in [3.8, 4) is 0 Å². The van der Waals surface area contributed by atoms with Crippen LogP contribution in [0.15, 0.2) is 30.3 Å². The Bertz CT molecular complexity index is 611. The summed E-state index contributed by atoms with van der Waals surface area (Å²) >= 11 is 0. The number of benzene rings is 1. The first-order valence-electron chi connectivity index (χ1n) is 8.33. The molecule has 24 heavy (non-hydrogen) atoms. The van der Waals surface area contributed by atoms with Crippen molar-refractivity contribution in [3.63, 3.8) is 0 Å². The van der Waals surface area contributed by atoms with Gasteiger partial charge >= 0.3 is 6.09 Å². The first-order valence-corrected chi connectivity index (χ1v) is 9.90. The van der Waals surface area contributed by atoms with Crippen LogP contribution in [0.3, 0.4) is 0 Å². The molecule has 7 heteroatoms. The van der Waals surface area contributed by atoms with Crippen molar-refractivity contribution in [1.29, 1.82) is 0 Å². The lowest BCUT2D eigenvalue weighted by Gasteiger charge is -2.22. The molecule has 1 aliphatic carbocycles. The second-order valence-corrected chi connectivity index (χ2v) is 7.83. The molecule has 1 fully saturated rings. The van der Waals surface area contributed by atoms with E-state index in [2.05, 4.69) is 5.32 Å². The van der Waals surface area contributed by atoms with Gasteiger partial charge in [-0.2, -0.15) is 8.42 Å². The molecule has 1 amide bonds. The highest BCUT2D eigenvalue weighted by molar-refractivity contribution is 7.86. The van der Waals surface area contributed by atoms with Crippen LogP contribution in [0.5, 0.6) is 0 Å². The number of ether oxygens (including phenoxy) is 1. The van der Waals surface area contributed by atoms with Gasteiger partial charge in [0.25, 0.3) is 10.1 Å². The monoisotopic (exact) mass is 355 g/mol. The second kappa shape index (κ2) is 9.03. The molecule has 0 bridgehead atoms. The van der Waals surface area contributed by atoms with E-state index in [9.17, 15) is 13.2 Å².